The number of carbonyl (C=O) groups excluding carboxylic acids is 1. The van der Waals surface area contributed by atoms with E-state index in [1.807, 2.05) is 36.9 Å². The van der Waals surface area contributed by atoms with E-state index in [4.69, 9.17) is 9.47 Å². The molecular formula is C17H18N2O3S. The molecule has 1 fully saturated rings. The molecule has 23 heavy (non-hydrogen) atoms. The number of aryl methyl sites for hydroxylation is 2. The van der Waals surface area contributed by atoms with E-state index in [-0.39, 0.29) is 12.7 Å². The van der Waals surface area contributed by atoms with Gasteiger partial charge in [0.15, 0.2) is 11.5 Å². The van der Waals surface area contributed by atoms with Crippen LogP contribution in [-0.4, -0.2) is 28.6 Å². The lowest BCUT2D eigenvalue weighted by molar-refractivity contribution is 0.0732. The highest BCUT2D eigenvalue weighted by Crippen LogP contribution is 2.38. The molecule has 2 aromatic rings. The van der Waals surface area contributed by atoms with Gasteiger partial charge in [-0.1, -0.05) is 12.1 Å². The normalized spacial score (nSPS) is 15.7. The number of hydrogen-bond acceptors (Lipinski definition) is 5. The van der Waals surface area contributed by atoms with E-state index >= 15 is 0 Å². The zero-order chi connectivity index (χ0) is 16.0. The van der Waals surface area contributed by atoms with Crippen LogP contribution in [0, 0.1) is 13.8 Å². The molecule has 0 radical (unpaired) electrons. The predicted molar refractivity (Wildman–Crippen MR) is 87.0 cm³/mol. The maximum atomic E-state index is 13.0. The molecule has 1 aliphatic heterocycles. The van der Waals surface area contributed by atoms with Crippen LogP contribution >= 0.6 is 11.3 Å². The van der Waals surface area contributed by atoms with Gasteiger partial charge < -0.3 is 14.4 Å². The Morgan fingerprint density at radius 1 is 1.35 bits per heavy atom. The maximum Gasteiger partial charge on any atom is 0.266 e. The predicted octanol–water partition coefficient (Wildman–Crippen LogP) is 3.29. The number of fused-ring (bicyclic) bond motifs is 1. The Kier molecular flexibility index (Phi) is 3.49. The second kappa shape index (κ2) is 5.53. The van der Waals surface area contributed by atoms with Crippen molar-refractivity contribution < 1.29 is 14.3 Å². The number of benzene rings is 1. The lowest BCUT2D eigenvalue weighted by Crippen LogP contribution is -2.32. The van der Waals surface area contributed by atoms with E-state index < -0.39 is 0 Å². The molecular weight excluding hydrogens is 312 g/mol. The fourth-order valence-electron chi connectivity index (χ4n) is 2.91. The van der Waals surface area contributed by atoms with E-state index in [1.54, 1.807) is 0 Å². The van der Waals surface area contributed by atoms with Crippen molar-refractivity contribution in [1.29, 1.82) is 0 Å². The van der Waals surface area contributed by atoms with Crippen molar-refractivity contribution in [3.05, 3.63) is 39.3 Å². The lowest BCUT2D eigenvalue weighted by atomic mass is 10.1. The van der Waals surface area contributed by atoms with E-state index in [0.717, 1.165) is 45.5 Å². The second-order valence-electron chi connectivity index (χ2n) is 5.96. The minimum Gasteiger partial charge on any atom is -0.454 e. The number of nitrogens with zero attached hydrogens (tertiary/aromatic N) is 2. The summed E-state index contributed by atoms with van der Waals surface area (Å²) in [6, 6.07) is 6.16. The highest BCUT2D eigenvalue weighted by molar-refractivity contribution is 7.13. The number of para-hydroxylation sites is 1. The molecule has 5 nitrogen and oxygen atoms in total. The molecule has 2 heterocycles. The number of thiazole rings is 1. The molecule has 6 heteroatoms. The van der Waals surface area contributed by atoms with Crippen LogP contribution in [0.1, 0.15) is 38.8 Å². The molecule has 0 saturated heterocycles. The van der Waals surface area contributed by atoms with E-state index in [0.29, 0.717) is 12.6 Å². The molecule has 1 aromatic carbocycles. The van der Waals surface area contributed by atoms with Gasteiger partial charge in [0.05, 0.1) is 17.2 Å². The van der Waals surface area contributed by atoms with Gasteiger partial charge in [0, 0.05) is 11.6 Å². The fraction of sp³-hybridized carbons (Fsp3) is 0.412. The van der Waals surface area contributed by atoms with Gasteiger partial charge in [-0.25, -0.2) is 4.98 Å². The standard InChI is InChI=1S/C17H18N2O3S/c1-10-16(23-11(2)18-10)17(20)19(13-6-7-13)8-12-4-3-5-14-15(12)22-9-21-14/h3-5,13H,6-9H2,1-2H3. The highest BCUT2D eigenvalue weighted by atomic mass is 32.1. The summed E-state index contributed by atoms with van der Waals surface area (Å²) in [6.07, 6.45) is 2.13. The summed E-state index contributed by atoms with van der Waals surface area (Å²) in [5.74, 6) is 1.60. The van der Waals surface area contributed by atoms with Gasteiger partial charge in [-0.15, -0.1) is 11.3 Å². The molecule has 1 saturated carbocycles. The Balaban J connectivity index is 1.63. The van der Waals surface area contributed by atoms with Crippen molar-refractivity contribution in [2.45, 2.75) is 39.3 Å². The average molecular weight is 330 g/mol. The second-order valence-corrected chi connectivity index (χ2v) is 7.17. The summed E-state index contributed by atoms with van der Waals surface area (Å²) in [5, 5.41) is 0.930. The largest absolute Gasteiger partial charge is 0.454 e. The van der Waals surface area contributed by atoms with Crippen molar-refractivity contribution in [2.24, 2.45) is 0 Å². The van der Waals surface area contributed by atoms with Crippen LogP contribution in [-0.2, 0) is 6.54 Å². The summed E-state index contributed by atoms with van der Waals surface area (Å²) in [6.45, 7) is 4.63. The SMILES string of the molecule is Cc1nc(C)c(C(=O)N(Cc2cccc3c2OCO3)C2CC2)s1. The summed E-state index contributed by atoms with van der Waals surface area (Å²) < 4.78 is 11.0. The molecule has 1 amide bonds. The van der Waals surface area contributed by atoms with Crippen LogP contribution in [0.3, 0.4) is 0 Å². The van der Waals surface area contributed by atoms with Crippen LogP contribution in [0.4, 0.5) is 0 Å². The first-order valence-corrected chi connectivity index (χ1v) is 8.57. The Hall–Kier alpha value is -2.08. The Bertz CT molecular complexity index is 767. The van der Waals surface area contributed by atoms with Gasteiger partial charge >= 0.3 is 0 Å². The molecule has 0 atom stereocenters. The topological polar surface area (TPSA) is 51.7 Å². The first-order valence-electron chi connectivity index (χ1n) is 7.76. The van der Waals surface area contributed by atoms with E-state index in [2.05, 4.69) is 4.98 Å². The van der Waals surface area contributed by atoms with Crippen molar-refractivity contribution in [2.75, 3.05) is 6.79 Å². The highest BCUT2D eigenvalue weighted by Gasteiger charge is 2.35. The molecule has 120 valence electrons. The average Bonchev–Trinajstić information content (AvgIpc) is 3.14. The van der Waals surface area contributed by atoms with Crippen LogP contribution in [0.15, 0.2) is 18.2 Å². The summed E-state index contributed by atoms with van der Waals surface area (Å²) in [4.78, 5) is 20.1. The maximum absolute atomic E-state index is 13.0. The van der Waals surface area contributed by atoms with E-state index in [9.17, 15) is 4.79 Å². The summed E-state index contributed by atoms with van der Waals surface area (Å²) >= 11 is 1.47. The molecule has 1 aromatic heterocycles. The number of rotatable bonds is 4. The molecule has 1 aliphatic carbocycles. The molecule has 0 bridgehead atoms. The summed E-state index contributed by atoms with van der Waals surface area (Å²) in [7, 11) is 0. The Morgan fingerprint density at radius 2 is 2.17 bits per heavy atom. The molecule has 4 rings (SSSR count). The molecule has 2 aliphatic rings. The summed E-state index contributed by atoms with van der Waals surface area (Å²) in [5.41, 5.74) is 1.82. The third-order valence-electron chi connectivity index (χ3n) is 4.17. The van der Waals surface area contributed by atoms with Crippen molar-refractivity contribution in [3.63, 3.8) is 0 Å². The Morgan fingerprint density at radius 3 is 2.87 bits per heavy atom. The van der Waals surface area contributed by atoms with Gasteiger partial charge in [0.25, 0.3) is 5.91 Å². The fourth-order valence-corrected chi connectivity index (χ4v) is 3.79. The minimum absolute atomic E-state index is 0.0760. The molecule has 0 unspecified atom stereocenters. The van der Waals surface area contributed by atoms with Gasteiger partial charge in [-0.05, 0) is 32.8 Å². The van der Waals surface area contributed by atoms with Gasteiger partial charge in [0.2, 0.25) is 6.79 Å². The van der Waals surface area contributed by atoms with Gasteiger partial charge in [0.1, 0.15) is 4.88 Å². The number of hydrogen-bond donors (Lipinski definition) is 0. The molecule has 0 N–H and O–H groups in total. The smallest absolute Gasteiger partial charge is 0.266 e. The van der Waals surface area contributed by atoms with Crippen molar-refractivity contribution in [3.8, 4) is 11.5 Å². The van der Waals surface area contributed by atoms with Crippen molar-refractivity contribution >= 4 is 17.2 Å². The van der Waals surface area contributed by atoms with E-state index in [1.165, 1.54) is 11.3 Å². The number of aromatic nitrogens is 1. The van der Waals surface area contributed by atoms with Crippen LogP contribution in [0.2, 0.25) is 0 Å². The number of carbonyl (C=O) groups is 1. The first kappa shape index (κ1) is 14.5. The van der Waals surface area contributed by atoms with Crippen molar-refractivity contribution in [1.82, 2.24) is 9.88 Å². The van der Waals surface area contributed by atoms with Crippen LogP contribution in [0.5, 0.6) is 11.5 Å². The molecule has 0 spiro atoms. The zero-order valence-electron chi connectivity index (χ0n) is 13.2. The zero-order valence-corrected chi connectivity index (χ0v) is 14.0. The number of amides is 1. The quantitative estimate of drug-likeness (QED) is 0.863. The van der Waals surface area contributed by atoms with Crippen LogP contribution in [0.25, 0.3) is 0 Å². The number of ether oxygens (including phenoxy) is 2. The third-order valence-corrected chi connectivity index (χ3v) is 5.23. The first-order chi connectivity index (χ1) is 11.1. The Labute approximate surface area is 138 Å². The van der Waals surface area contributed by atoms with Crippen LogP contribution < -0.4 is 9.47 Å². The van der Waals surface area contributed by atoms with Gasteiger partial charge in [-0.2, -0.15) is 0 Å². The third kappa shape index (κ3) is 2.67. The monoisotopic (exact) mass is 330 g/mol. The minimum atomic E-state index is 0.0760. The lowest BCUT2D eigenvalue weighted by Gasteiger charge is -2.22. The van der Waals surface area contributed by atoms with Gasteiger partial charge in [-0.3, -0.25) is 4.79 Å².